The van der Waals surface area contributed by atoms with Gasteiger partial charge in [-0.05, 0) is 35.2 Å². The maximum atomic E-state index is 12.2. The summed E-state index contributed by atoms with van der Waals surface area (Å²) in [4.78, 5) is 12.2. The Morgan fingerprint density at radius 1 is 1.36 bits per heavy atom. The summed E-state index contributed by atoms with van der Waals surface area (Å²) in [6.45, 7) is -2.93. The first-order valence-corrected chi connectivity index (χ1v) is 6.98. The lowest BCUT2D eigenvalue weighted by Gasteiger charge is -2.09. The van der Waals surface area contributed by atoms with Crippen molar-refractivity contribution in [1.82, 2.24) is 5.43 Å². The van der Waals surface area contributed by atoms with Crippen LogP contribution in [0.15, 0.2) is 40.8 Å². The van der Waals surface area contributed by atoms with Crippen LogP contribution in [-0.4, -0.2) is 25.8 Å². The lowest BCUT2D eigenvalue weighted by atomic mass is 10.2. The van der Waals surface area contributed by atoms with E-state index in [1.165, 1.54) is 42.9 Å². The second-order valence-corrected chi connectivity index (χ2v) is 4.91. The molecule has 0 aliphatic carbocycles. The van der Waals surface area contributed by atoms with E-state index in [9.17, 15) is 13.6 Å². The fraction of sp³-hybridized carbons (Fsp3) is 0.143. The Morgan fingerprint density at radius 3 is 2.82 bits per heavy atom. The van der Waals surface area contributed by atoms with Crippen molar-refractivity contribution >= 4 is 23.5 Å². The van der Waals surface area contributed by atoms with Crippen molar-refractivity contribution in [2.24, 2.45) is 5.10 Å². The van der Waals surface area contributed by atoms with Crippen LogP contribution in [0.5, 0.6) is 11.5 Å². The third kappa shape index (κ3) is 4.26. The van der Waals surface area contributed by atoms with Crippen molar-refractivity contribution < 1.29 is 23.0 Å². The number of nitrogens with zero attached hydrogens (tertiary/aromatic N) is 1. The molecule has 0 unspecified atom stereocenters. The predicted octanol–water partition coefficient (Wildman–Crippen LogP) is 3.12. The van der Waals surface area contributed by atoms with E-state index in [0.717, 1.165) is 0 Å². The number of methoxy groups -OCH3 is 1. The highest BCUT2D eigenvalue weighted by atomic mass is 32.1. The van der Waals surface area contributed by atoms with Crippen molar-refractivity contribution in [2.45, 2.75) is 6.61 Å². The molecule has 0 aliphatic heterocycles. The maximum Gasteiger partial charge on any atom is 0.387 e. The zero-order valence-corrected chi connectivity index (χ0v) is 12.3. The number of alkyl halides is 2. The summed E-state index contributed by atoms with van der Waals surface area (Å²) in [6.07, 6.45) is 1.38. The molecule has 1 heterocycles. The molecule has 8 heteroatoms. The Morgan fingerprint density at radius 2 is 2.18 bits per heavy atom. The third-order valence-corrected chi connectivity index (χ3v) is 3.40. The van der Waals surface area contributed by atoms with Crippen molar-refractivity contribution in [3.8, 4) is 11.5 Å². The van der Waals surface area contributed by atoms with E-state index in [0.29, 0.717) is 10.4 Å². The number of ether oxygens (including phenoxy) is 2. The molecular formula is C14H12F2N2O3S. The van der Waals surface area contributed by atoms with Gasteiger partial charge in [0.2, 0.25) is 0 Å². The van der Waals surface area contributed by atoms with Crippen LogP contribution in [0.3, 0.4) is 0 Å². The van der Waals surface area contributed by atoms with Gasteiger partial charge in [-0.1, -0.05) is 6.07 Å². The summed E-state index contributed by atoms with van der Waals surface area (Å²) < 4.78 is 33.7. The van der Waals surface area contributed by atoms with E-state index >= 15 is 0 Å². The van der Waals surface area contributed by atoms with Crippen LogP contribution in [0.2, 0.25) is 0 Å². The molecule has 5 nitrogen and oxygen atoms in total. The number of hydrogen-bond donors (Lipinski definition) is 1. The fourth-order valence-corrected chi connectivity index (χ4v) is 2.20. The summed E-state index contributed by atoms with van der Waals surface area (Å²) in [7, 11) is 1.34. The molecule has 0 atom stereocenters. The molecule has 2 rings (SSSR count). The van der Waals surface area contributed by atoms with Gasteiger partial charge in [-0.3, -0.25) is 4.79 Å². The highest BCUT2D eigenvalue weighted by Gasteiger charge is 2.10. The summed E-state index contributed by atoms with van der Waals surface area (Å²) in [5, 5.41) is 5.58. The Balaban J connectivity index is 2.03. The molecule has 1 aromatic carbocycles. The number of thiophene rings is 1. The molecule has 1 amide bonds. The van der Waals surface area contributed by atoms with Gasteiger partial charge < -0.3 is 9.47 Å². The van der Waals surface area contributed by atoms with Crippen molar-refractivity contribution in [1.29, 1.82) is 0 Å². The lowest BCUT2D eigenvalue weighted by Crippen LogP contribution is -2.16. The van der Waals surface area contributed by atoms with Gasteiger partial charge >= 0.3 is 6.61 Å². The first-order valence-electron chi connectivity index (χ1n) is 6.10. The van der Waals surface area contributed by atoms with E-state index in [1.807, 2.05) is 0 Å². The SMILES string of the molecule is COc1cc(/C=N/NC(=O)c2cccs2)ccc1OC(F)F. The van der Waals surface area contributed by atoms with Gasteiger partial charge in [-0.15, -0.1) is 11.3 Å². The second-order valence-electron chi connectivity index (χ2n) is 3.97. The minimum atomic E-state index is -2.93. The van der Waals surface area contributed by atoms with Crippen LogP contribution < -0.4 is 14.9 Å². The molecule has 0 bridgehead atoms. The summed E-state index contributed by atoms with van der Waals surface area (Å²) in [5.74, 6) is -0.248. The van der Waals surface area contributed by atoms with Gasteiger partial charge in [-0.2, -0.15) is 13.9 Å². The van der Waals surface area contributed by atoms with Gasteiger partial charge in [0.05, 0.1) is 18.2 Å². The Bertz CT molecular complexity index is 660. The lowest BCUT2D eigenvalue weighted by molar-refractivity contribution is -0.0512. The van der Waals surface area contributed by atoms with Crippen LogP contribution in [0.25, 0.3) is 0 Å². The summed E-state index contributed by atoms with van der Waals surface area (Å²) in [5.41, 5.74) is 2.93. The molecule has 2 aromatic rings. The minimum Gasteiger partial charge on any atom is -0.493 e. The number of hydrazone groups is 1. The van der Waals surface area contributed by atoms with Gasteiger partial charge in [-0.25, -0.2) is 5.43 Å². The van der Waals surface area contributed by atoms with Crippen LogP contribution in [0.4, 0.5) is 8.78 Å². The molecule has 0 saturated heterocycles. The summed E-state index contributed by atoms with van der Waals surface area (Å²) >= 11 is 1.30. The molecule has 0 radical (unpaired) electrons. The minimum absolute atomic E-state index is 0.0720. The quantitative estimate of drug-likeness (QED) is 0.655. The Labute approximate surface area is 129 Å². The molecule has 22 heavy (non-hydrogen) atoms. The number of halogens is 2. The molecule has 116 valence electrons. The van der Waals surface area contributed by atoms with Crippen LogP contribution >= 0.6 is 11.3 Å². The third-order valence-electron chi connectivity index (χ3n) is 2.53. The van der Waals surface area contributed by atoms with E-state index in [-0.39, 0.29) is 17.4 Å². The standard InChI is InChI=1S/C14H12F2N2O3S/c1-20-11-7-9(4-5-10(11)21-14(15)16)8-17-18-13(19)12-3-2-6-22-12/h2-8,14H,1H3,(H,18,19)/b17-8+. The largest absolute Gasteiger partial charge is 0.493 e. The number of nitrogens with one attached hydrogen (secondary N) is 1. The monoisotopic (exact) mass is 326 g/mol. The Hall–Kier alpha value is -2.48. The van der Waals surface area contributed by atoms with Gasteiger partial charge in [0.25, 0.3) is 5.91 Å². The van der Waals surface area contributed by atoms with Crippen molar-refractivity contribution in [2.75, 3.05) is 7.11 Å². The number of carbonyl (C=O) groups excluding carboxylic acids is 1. The molecule has 1 aromatic heterocycles. The number of benzene rings is 1. The topological polar surface area (TPSA) is 59.9 Å². The average Bonchev–Trinajstić information content (AvgIpc) is 3.02. The molecule has 0 fully saturated rings. The highest BCUT2D eigenvalue weighted by molar-refractivity contribution is 7.12. The zero-order chi connectivity index (χ0) is 15.9. The molecule has 1 N–H and O–H groups in total. The number of amides is 1. The predicted molar refractivity (Wildman–Crippen MR) is 79.0 cm³/mol. The van der Waals surface area contributed by atoms with Crippen LogP contribution in [-0.2, 0) is 0 Å². The van der Waals surface area contributed by atoms with Gasteiger partial charge in [0, 0.05) is 0 Å². The first kappa shape index (κ1) is 15.9. The maximum absolute atomic E-state index is 12.2. The van der Waals surface area contributed by atoms with E-state index in [2.05, 4.69) is 15.3 Å². The number of carbonyl (C=O) groups is 1. The highest BCUT2D eigenvalue weighted by Crippen LogP contribution is 2.28. The molecule has 0 spiro atoms. The van der Waals surface area contributed by atoms with Crippen LogP contribution in [0.1, 0.15) is 15.2 Å². The normalized spacial score (nSPS) is 10.9. The van der Waals surface area contributed by atoms with Gasteiger partial charge in [0.1, 0.15) is 0 Å². The first-order chi connectivity index (χ1) is 10.6. The van der Waals surface area contributed by atoms with E-state index in [1.54, 1.807) is 17.5 Å². The molecule has 0 saturated carbocycles. The van der Waals surface area contributed by atoms with Crippen molar-refractivity contribution in [3.05, 3.63) is 46.2 Å². The smallest absolute Gasteiger partial charge is 0.387 e. The molecule has 0 aliphatic rings. The average molecular weight is 326 g/mol. The van der Waals surface area contributed by atoms with E-state index < -0.39 is 6.61 Å². The summed E-state index contributed by atoms with van der Waals surface area (Å²) in [6, 6.07) is 7.76. The van der Waals surface area contributed by atoms with Crippen LogP contribution in [0, 0.1) is 0 Å². The number of rotatable bonds is 6. The second kappa shape index (κ2) is 7.51. The molecular weight excluding hydrogens is 314 g/mol. The van der Waals surface area contributed by atoms with E-state index in [4.69, 9.17) is 4.74 Å². The zero-order valence-electron chi connectivity index (χ0n) is 11.5. The fourth-order valence-electron chi connectivity index (χ4n) is 1.59. The Kier molecular flexibility index (Phi) is 5.42. The number of hydrogen-bond acceptors (Lipinski definition) is 5. The van der Waals surface area contributed by atoms with Gasteiger partial charge in [0.15, 0.2) is 11.5 Å². The van der Waals surface area contributed by atoms with Crippen molar-refractivity contribution in [3.63, 3.8) is 0 Å².